The molecule has 9 nitrogen and oxygen atoms in total. The lowest BCUT2D eigenvalue weighted by atomic mass is 10.1. The molecule has 2 heterocycles. The topological polar surface area (TPSA) is 126 Å². The Balaban J connectivity index is 1.69. The van der Waals surface area contributed by atoms with Crippen molar-refractivity contribution in [2.45, 2.75) is 40.7 Å². The number of Topliss-reactive ketones (excluding diaryl/α,β-unsaturated/α-hetero) is 1. The molecule has 2 aromatic heterocycles. The Morgan fingerprint density at radius 1 is 1.27 bits per heavy atom. The van der Waals surface area contributed by atoms with Gasteiger partial charge in [-0.15, -0.1) is 11.3 Å². The van der Waals surface area contributed by atoms with Crippen LogP contribution in [-0.4, -0.2) is 32.4 Å². The number of benzene rings is 1. The van der Waals surface area contributed by atoms with Crippen molar-refractivity contribution in [3.8, 4) is 10.6 Å². The number of nitrogens with zero attached hydrogens (tertiary/aromatic N) is 3. The number of aliphatic imine (C=N–C) groups is 1. The van der Waals surface area contributed by atoms with Crippen LogP contribution in [0.2, 0.25) is 10.0 Å². The van der Waals surface area contributed by atoms with E-state index in [-0.39, 0.29) is 36.0 Å². The SMILES string of the molecule is CCC(=O)Cn1c(=O)[nH]c(N=C/C(C)=C\[C@@H](C)C(=O)Nc2csc(-c3ccc(Cl)c(Cl)c3)n2)c(C)c1=O. The fourth-order valence-corrected chi connectivity index (χ4v) is 4.28. The van der Waals surface area contributed by atoms with Crippen molar-refractivity contribution >= 4 is 64.1 Å². The van der Waals surface area contributed by atoms with Gasteiger partial charge in [0.2, 0.25) is 5.91 Å². The molecule has 0 spiro atoms. The van der Waals surface area contributed by atoms with Gasteiger partial charge in [-0.25, -0.2) is 14.8 Å². The number of hydrogen-bond acceptors (Lipinski definition) is 7. The number of carbonyl (C=O) groups excluding carboxylic acids is 2. The standard InChI is InChI=1S/C25H25Cl2N5O4S/c1-5-17(33)11-32-24(35)15(4)21(31-25(32)36)28-10-13(2)8-14(3)22(34)29-20-12-37-23(30-20)16-6-7-18(26)19(27)9-16/h6-10,12,14H,5,11H2,1-4H3,(H,29,34)(H,31,36)/b13-8-,28-10?/t14-/m1/s1. The number of allylic oxidation sites excluding steroid dienone is 1. The Morgan fingerprint density at radius 2 is 2.00 bits per heavy atom. The molecule has 0 fully saturated rings. The molecule has 1 atom stereocenters. The number of aromatic amines is 1. The number of anilines is 1. The minimum atomic E-state index is -0.706. The van der Waals surface area contributed by atoms with Gasteiger partial charge in [-0.05, 0) is 31.6 Å². The number of ketones is 1. The Labute approximate surface area is 226 Å². The molecule has 0 aliphatic carbocycles. The van der Waals surface area contributed by atoms with Gasteiger partial charge in [0.25, 0.3) is 5.56 Å². The minimum absolute atomic E-state index is 0.0948. The van der Waals surface area contributed by atoms with Crippen LogP contribution in [0.25, 0.3) is 10.6 Å². The number of rotatable bonds is 9. The number of carbonyl (C=O) groups is 2. The minimum Gasteiger partial charge on any atom is -0.309 e. The molecule has 3 aromatic rings. The third-order valence-electron chi connectivity index (χ3n) is 5.37. The summed E-state index contributed by atoms with van der Waals surface area (Å²) in [5.41, 5.74) is 0.360. The van der Waals surface area contributed by atoms with Crippen LogP contribution in [0.4, 0.5) is 11.6 Å². The van der Waals surface area contributed by atoms with Crippen molar-refractivity contribution in [3.05, 3.63) is 71.7 Å². The van der Waals surface area contributed by atoms with E-state index >= 15 is 0 Å². The maximum Gasteiger partial charge on any atom is 0.330 e. The molecule has 0 bridgehead atoms. The highest BCUT2D eigenvalue weighted by atomic mass is 35.5. The van der Waals surface area contributed by atoms with Crippen molar-refractivity contribution in [2.24, 2.45) is 10.9 Å². The first kappa shape index (κ1) is 28.2. The highest BCUT2D eigenvalue weighted by Crippen LogP contribution is 2.31. The molecule has 0 saturated carbocycles. The van der Waals surface area contributed by atoms with Crippen molar-refractivity contribution in [1.29, 1.82) is 0 Å². The first-order valence-electron chi connectivity index (χ1n) is 11.3. The van der Waals surface area contributed by atoms with Gasteiger partial charge in [-0.3, -0.25) is 23.9 Å². The summed E-state index contributed by atoms with van der Waals surface area (Å²) in [7, 11) is 0. The highest BCUT2D eigenvalue weighted by molar-refractivity contribution is 7.13. The van der Waals surface area contributed by atoms with Crippen molar-refractivity contribution in [2.75, 3.05) is 5.32 Å². The molecule has 2 N–H and O–H groups in total. The average Bonchev–Trinajstić information content (AvgIpc) is 3.33. The predicted molar refractivity (Wildman–Crippen MR) is 149 cm³/mol. The summed E-state index contributed by atoms with van der Waals surface area (Å²) in [5, 5.41) is 6.07. The summed E-state index contributed by atoms with van der Waals surface area (Å²) in [4.78, 5) is 60.3. The van der Waals surface area contributed by atoms with E-state index in [1.807, 2.05) is 0 Å². The van der Waals surface area contributed by atoms with Crippen LogP contribution < -0.4 is 16.6 Å². The third-order valence-corrected chi connectivity index (χ3v) is 7.00. The van der Waals surface area contributed by atoms with Gasteiger partial charge in [0.15, 0.2) is 5.78 Å². The fourth-order valence-electron chi connectivity index (χ4n) is 3.23. The molecule has 0 saturated heterocycles. The van der Waals surface area contributed by atoms with Crippen LogP contribution >= 0.6 is 34.5 Å². The van der Waals surface area contributed by atoms with E-state index in [9.17, 15) is 19.2 Å². The lowest BCUT2D eigenvalue weighted by molar-refractivity contribution is -0.119. The van der Waals surface area contributed by atoms with Crippen LogP contribution in [0, 0.1) is 12.8 Å². The summed E-state index contributed by atoms with van der Waals surface area (Å²) in [6, 6.07) is 5.20. The molecule has 0 radical (unpaired) electrons. The summed E-state index contributed by atoms with van der Waals surface area (Å²) >= 11 is 13.4. The fraction of sp³-hybridized carbons (Fsp3) is 0.280. The van der Waals surface area contributed by atoms with Gasteiger partial charge in [-0.2, -0.15) is 0 Å². The van der Waals surface area contributed by atoms with Gasteiger partial charge >= 0.3 is 5.69 Å². The average molecular weight is 562 g/mol. The number of hydrogen-bond donors (Lipinski definition) is 2. The smallest absolute Gasteiger partial charge is 0.309 e. The largest absolute Gasteiger partial charge is 0.330 e. The Kier molecular flexibility index (Phi) is 9.36. The number of thiazole rings is 1. The maximum atomic E-state index is 12.7. The third kappa shape index (κ3) is 7.12. The maximum absolute atomic E-state index is 12.7. The Hall–Kier alpha value is -3.34. The number of halogens is 2. The van der Waals surface area contributed by atoms with Crippen molar-refractivity contribution in [1.82, 2.24) is 14.5 Å². The molecule has 12 heteroatoms. The summed E-state index contributed by atoms with van der Waals surface area (Å²) < 4.78 is 0.862. The van der Waals surface area contributed by atoms with Crippen LogP contribution in [0.15, 0.2) is 49.8 Å². The van der Waals surface area contributed by atoms with Gasteiger partial charge in [0.05, 0.1) is 28.1 Å². The molecule has 1 aromatic carbocycles. The quantitative estimate of drug-likeness (QED) is 0.348. The van der Waals surface area contributed by atoms with E-state index in [2.05, 4.69) is 20.3 Å². The lowest BCUT2D eigenvalue weighted by Crippen LogP contribution is -2.38. The second-order valence-corrected chi connectivity index (χ2v) is 9.97. The second-order valence-electron chi connectivity index (χ2n) is 8.30. The number of amides is 1. The van der Waals surface area contributed by atoms with E-state index in [4.69, 9.17) is 23.2 Å². The first-order chi connectivity index (χ1) is 17.5. The first-order valence-corrected chi connectivity index (χ1v) is 12.9. The molecule has 0 aliphatic heterocycles. The van der Waals surface area contributed by atoms with Crippen LogP contribution in [0.3, 0.4) is 0 Å². The lowest BCUT2D eigenvalue weighted by Gasteiger charge is -2.08. The zero-order chi connectivity index (χ0) is 27.3. The summed E-state index contributed by atoms with van der Waals surface area (Å²) in [5.74, 6) is -0.505. The van der Waals surface area contributed by atoms with Gasteiger partial charge in [0, 0.05) is 23.6 Å². The van der Waals surface area contributed by atoms with E-state index in [1.54, 1.807) is 50.4 Å². The Morgan fingerprint density at radius 3 is 2.68 bits per heavy atom. The van der Waals surface area contributed by atoms with Crippen molar-refractivity contribution < 1.29 is 9.59 Å². The van der Waals surface area contributed by atoms with Crippen LogP contribution in [0.5, 0.6) is 0 Å². The van der Waals surface area contributed by atoms with Gasteiger partial charge in [0.1, 0.15) is 16.6 Å². The zero-order valence-electron chi connectivity index (χ0n) is 20.6. The van der Waals surface area contributed by atoms with Crippen LogP contribution in [-0.2, 0) is 16.1 Å². The summed E-state index contributed by atoms with van der Waals surface area (Å²) in [6.07, 6.45) is 3.37. The number of H-pyrrole nitrogens is 1. The molecule has 3 rings (SSSR count). The predicted octanol–water partition coefficient (Wildman–Crippen LogP) is 5.18. The van der Waals surface area contributed by atoms with Gasteiger partial charge in [-0.1, -0.05) is 49.2 Å². The molecule has 1 amide bonds. The van der Waals surface area contributed by atoms with Gasteiger partial charge < -0.3 is 5.32 Å². The molecule has 0 aliphatic rings. The van der Waals surface area contributed by atoms with E-state index in [0.29, 0.717) is 26.4 Å². The molecular weight excluding hydrogens is 537 g/mol. The molecule has 37 heavy (non-hydrogen) atoms. The summed E-state index contributed by atoms with van der Waals surface area (Å²) in [6.45, 7) is 6.36. The number of nitrogens with one attached hydrogen (secondary N) is 2. The van der Waals surface area contributed by atoms with E-state index in [0.717, 1.165) is 10.1 Å². The van der Waals surface area contributed by atoms with E-state index in [1.165, 1.54) is 24.5 Å². The van der Waals surface area contributed by atoms with E-state index < -0.39 is 17.2 Å². The molecular formula is C25H25Cl2N5O4S. The molecule has 0 unspecified atom stereocenters. The zero-order valence-corrected chi connectivity index (χ0v) is 22.9. The second kappa shape index (κ2) is 12.3. The molecule has 194 valence electrons. The van der Waals surface area contributed by atoms with Crippen molar-refractivity contribution in [3.63, 3.8) is 0 Å². The number of aromatic nitrogens is 3. The highest BCUT2D eigenvalue weighted by Gasteiger charge is 2.15. The van der Waals surface area contributed by atoms with Crippen LogP contribution in [0.1, 0.15) is 32.8 Å². The normalized spacial score (nSPS) is 12.6. The monoisotopic (exact) mass is 561 g/mol. The Bertz CT molecular complexity index is 1520.